The number of sulfonamides is 1. The van der Waals surface area contributed by atoms with Crippen LogP contribution >= 0.6 is 0 Å². The molecule has 1 aliphatic heterocycles. The van der Waals surface area contributed by atoms with Gasteiger partial charge in [-0.1, -0.05) is 12.1 Å². The van der Waals surface area contributed by atoms with E-state index in [4.69, 9.17) is 0 Å². The summed E-state index contributed by atoms with van der Waals surface area (Å²) in [5, 5.41) is 0. The molecule has 3 rings (SSSR count). The second-order valence-electron chi connectivity index (χ2n) is 5.54. The smallest absolute Gasteiger partial charge is 0.212 e. The highest BCUT2D eigenvalue weighted by Gasteiger charge is 2.42. The molecule has 1 aromatic carbocycles. The van der Waals surface area contributed by atoms with Gasteiger partial charge in [0.2, 0.25) is 10.0 Å². The lowest BCUT2D eigenvalue weighted by molar-refractivity contribution is 0.356. The van der Waals surface area contributed by atoms with Crippen LogP contribution in [0.25, 0.3) is 0 Å². The summed E-state index contributed by atoms with van der Waals surface area (Å²) in [7, 11) is -3.27. The van der Waals surface area contributed by atoms with Gasteiger partial charge in [-0.25, -0.2) is 12.8 Å². The minimum absolute atomic E-state index is 0.0174. The third-order valence-electron chi connectivity index (χ3n) is 4.03. The Morgan fingerprint density at radius 1 is 1.16 bits per heavy atom. The molecule has 0 N–H and O–H groups in total. The molecule has 104 valence electrons. The summed E-state index contributed by atoms with van der Waals surface area (Å²) in [6.45, 7) is 0.644. The van der Waals surface area contributed by atoms with Crippen LogP contribution in [0.5, 0.6) is 0 Å². The standard InChI is InChI=1S/C14H18FNO2S/c15-13-7-3-11(4-8-13)10-19(17,18)16-9-1-2-14(16)12-5-6-12/h3-4,7-8,12,14H,1-2,5-6,9-10H2. The molecule has 1 saturated carbocycles. The van der Waals surface area contributed by atoms with E-state index in [1.807, 2.05) is 0 Å². The fraction of sp³-hybridized carbons (Fsp3) is 0.571. The fourth-order valence-electron chi connectivity index (χ4n) is 2.94. The molecule has 1 saturated heterocycles. The van der Waals surface area contributed by atoms with Gasteiger partial charge in [0.25, 0.3) is 0 Å². The van der Waals surface area contributed by atoms with Crippen LogP contribution < -0.4 is 0 Å². The van der Waals surface area contributed by atoms with Crippen molar-refractivity contribution in [2.24, 2.45) is 5.92 Å². The Labute approximate surface area is 113 Å². The highest BCUT2D eigenvalue weighted by Crippen LogP contribution is 2.41. The lowest BCUT2D eigenvalue weighted by Crippen LogP contribution is -2.37. The van der Waals surface area contributed by atoms with Crippen molar-refractivity contribution in [3.05, 3.63) is 35.6 Å². The molecular formula is C14H18FNO2S. The first kappa shape index (κ1) is 13.1. The van der Waals surface area contributed by atoms with Crippen molar-refractivity contribution in [1.29, 1.82) is 0 Å². The molecule has 0 aromatic heterocycles. The maximum Gasteiger partial charge on any atom is 0.218 e. The van der Waals surface area contributed by atoms with E-state index in [2.05, 4.69) is 0 Å². The molecule has 2 fully saturated rings. The van der Waals surface area contributed by atoms with Gasteiger partial charge in [-0.3, -0.25) is 0 Å². The Kier molecular flexibility index (Phi) is 3.35. The molecule has 1 aromatic rings. The second-order valence-corrected chi connectivity index (χ2v) is 7.46. The summed E-state index contributed by atoms with van der Waals surface area (Å²) in [5.74, 6) is 0.222. The van der Waals surface area contributed by atoms with Crippen LogP contribution in [0.15, 0.2) is 24.3 Å². The minimum Gasteiger partial charge on any atom is -0.212 e. The van der Waals surface area contributed by atoms with Gasteiger partial charge in [0, 0.05) is 12.6 Å². The van der Waals surface area contributed by atoms with Gasteiger partial charge in [0.15, 0.2) is 0 Å². The van der Waals surface area contributed by atoms with Gasteiger partial charge < -0.3 is 0 Å². The predicted octanol–water partition coefficient (Wildman–Crippen LogP) is 2.53. The van der Waals surface area contributed by atoms with Crippen molar-refractivity contribution < 1.29 is 12.8 Å². The molecule has 0 bridgehead atoms. The molecular weight excluding hydrogens is 265 g/mol. The van der Waals surface area contributed by atoms with Crippen molar-refractivity contribution in [1.82, 2.24) is 4.31 Å². The number of rotatable bonds is 4. The van der Waals surface area contributed by atoms with Crippen molar-refractivity contribution >= 4 is 10.0 Å². The number of hydrogen-bond acceptors (Lipinski definition) is 2. The number of nitrogens with zero attached hydrogens (tertiary/aromatic N) is 1. The van der Waals surface area contributed by atoms with Gasteiger partial charge >= 0.3 is 0 Å². The Hall–Kier alpha value is -0.940. The first-order valence-electron chi connectivity index (χ1n) is 6.80. The van der Waals surface area contributed by atoms with Crippen molar-refractivity contribution in [3.8, 4) is 0 Å². The maximum absolute atomic E-state index is 12.8. The molecule has 0 spiro atoms. The average molecular weight is 283 g/mol. The van der Waals surface area contributed by atoms with E-state index >= 15 is 0 Å². The molecule has 2 aliphatic rings. The monoisotopic (exact) mass is 283 g/mol. The third kappa shape index (κ3) is 2.82. The van der Waals surface area contributed by atoms with Crippen molar-refractivity contribution in [3.63, 3.8) is 0 Å². The van der Waals surface area contributed by atoms with Gasteiger partial charge in [-0.2, -0.15) is 4.31 Å². The minimum atomic E-state index is -3.27. The Morgan fingerprint density at radius 3 is 2.47 bits per heavy atom. The molecule has 3 nitrogen and oxygen atoms in total. The van der Waals surface area contributed by atoms with E-state index in [0.717, 1.165) is 25.7 Å². The summed E-state index contributed by atoms with van der Waals surface area (Å²) in [6.07, 6.45) is 4.28. The molecule has 1 aliphatic carbocycles. The van der Waals surface area contributed by atoms with Crippen LogP contribution in [0.4, 0.5) is 4.39 Å². The number of hydrogen-bond donors (Lipinski definition) is 0. The molecule has 1 unspecified atom stereocenters. The Bertz CT molecular complexity index is 551. The van der Waals surface area contributed by atoms with E-state index in [-0.39, 0.29) is 17.6 Å². The van der Waals surface area contributed by atoms with E-state index in [1.54, 1.807) is 16.4 Å². The first-order valence-corrected chi connectivity index (χ1v) is 8.41. The van der Waals surface area contributed by atoms with Gasteiger partial charge in [0.1, 0.15) is 5.82 Å². The summed E-state index contributed by atoms with van der Waals surface area (Å²) < 4.78 is 39.4. The molecule has 0 amide bonds. The lowest BCUT2D eigenvalue weighted by Gasteiger charge is -2.24. The molecule has 1 atom stereocenters. The third-order valence-corrected chi connectivity index (χ3v) is 5.90. The highest BCUT2D eigenvalue weighted by molar-refractivity contribution is 7.88. The molecule has 0 radical (unpaired) electrons. The summed E-state index contributed by atoms with van der Waals surface area (Å²) >= 11 is 0. The maximum atomic E-state index is 12.8. The zero-order valence-corrected chi connectivity index (χ0v) is 11.6. The average Bonchev–Trinajstić information content (AvgIpc) is 3.09. The van der Waals surface area contributed by atoms with E-state index in [0.29, 0.717) is 18.0 Å². The number of benzene rings is 1. The molecule has 19 heavy (non-hydrogen) atoms. The van der Waals surface area contributed by atoms with Crippen molar-refractivity contribution in [2.75, 3.05) is 6.54 Å². The van der Waals surface area contributed by atoms with Crippen LogP contribution in [0.3, 0.4) is 0 Å². The number of halogens is 1. The van der Waals surface area contributed by atoms with E-state index in [9.17, 15) is 12.8 Å². The van der Waals surface area contributed by atoms with Crippen LogP contribution in [0.1, 0.15) is 31.2 Å². The van der Waals surface area contributed by atoms with Gasteiger partial charge in [-0.05, 0) is 49.3 Å². The molecule has 1 heterocycles. The van der Waals surface area contributed by atoms with Crippen LogP contribution in [-0.4, -0.2) is 25.3 Å². The van der Waals surface area contributed by atoms with Gasteiger partial charge in [-0.15, -0.1) is 0 Å². The summed E-state index contributed by atoms with van der Waals surface area (Å²) in [5.41, 5.74) is 0.655. The highest BCUT2D eigenvalue weighted by atomic mass is 32.2. The zero-order valence-electron chi connectivity index (χ0n) is 10.8. The fourth-order valence-corrected chi connectivity index (χ4v) is 4.81. The molecule has 5 heteroatoms. The van der Waals surface area contributed by atoms with E-state index < -0.39 is 10.0 Å². The summed E-state index contributed by atoms with van der Waals surface area (Å²) in [6, 6.07) is 5.94. The summed E-state index contributed by atoms with van der Waals surface area (Å²) in [4.78, 5) is 0. The Morgan fingerprint density at radius 2 is 1.84 bits per heavy atom. The van der Waals surface area contributed by atoms with Crippen LogP contribution in [0.2, 0.25) is 0 Å². The van der Waals surface area contributed by atoms with Crippen LogP contribution in [-0.2, 0) is 15.8 Å². The predicted molar refractivity (Wildman–Crippen MR) is 71.5 cm³/mol. The van der Waals surface area contributed by atoms with Gasteiger partial charge in [0.05, 0.1) is 5.75 Å². The topological polar surface area (TPSA) is 37.4 Å². The zero-order chi connectivity index (χ0) is 13.5. The van der Waals surface area contributed by atoms with E-state index in [1.165, 1.54) is 12.1 Å². The first-order chi connectivity index (χ1) is 9.06. The largest absolute Gasteiger partial charge is 0.218 e. The normalized spacial score (nSPS) is 24.8. The second kappa shape index (κ2) is 4.87. The lowest BCUT2D eigenvalue weighted by atomic mass is 10.1. The quantitative estimate of drug-likeness (QED) is 0.851. The van der Waals surface area contributed by atoms with Crippen molar-refractivity contribution in [2.45, 2.75) is 37.5 Å². The van der Waals surface area contributed by atoms with Crippen LogP contribution in [0, 0.1) is 11.7 Å². The Balaban J connectivity index is 1.76. The SMILES string of the molecule is O=S(=O)(Cc1ccc(F)cc1)N1CCCC1C1CC1.